The average molecular weight is 335 g/mol. The predicted octanol–water partition coefficient (Wildman–Crippen LogP) is 1.19. The fourth-order valence-corrected chi connectivity index (χ4v) is 1.82. The number of ether oxygens (including phenoxy) is 1. The normalized spacial score (nSPS) is 9.96. The van der Waals surface area contributed by atoms with Gasteiger partial charge in [0.05, 0.1) is 0 Å². The summed E-state index contributed by atoms with van der Waals surface area (Å²) in [6.45, 7) is 0.137. The van der Waals surface area contributed by atoms with Crippen molar-refractivity contribution in [3.8, 4) is 11.5 Å². The van der Waals surface area contributed by atoms with E-state index >= 15 is 0 Å². The Morgan fingerprint density at radius 3 is 2.52 bits per heavy atom. The highest BCUT2D eigenvalue weighted by Crippen LogP contribution is 2.25. The second-order valence-electron chi connectivity index (χ2n) is 4.38. The second kappa shape index (κ2) is 8.00. The summed E-state index contributed by atoms with van der Waals surface area (Å²) in [7, 11) is 0. The summed E-state index contributed by atoms with van der Waals surface area (Å²) in [5.41, 5.74) is 0.0934. The van der Waals surface area contributed by atoms with Gasteiger partial charge in [0, 0.05) is 24.3 Å². The van der Waals surface area contributed by atoms with E-state index in [0.717, 1.165) is 0 Å². The van der Waals surface area contributed by atoms with Crippen molar-refractivity contribution in [2.75, 3.05) is 13.1 Å². The van der Waals surface area contributed by atoms with Crippen LogP contribution in [-0.2, 0) is 0 Å². The number of aromatic nitrogens is 1. The molecule has 23 heavy (non-hydrogen) atoms. The van der Waals surface area contributed by atoms with Crippen molar-refractivity contribution < 1.29 is 19.4 Å². The van der Waals surface area contributed by atoms with E-state index < -0.39 is 12.0 Å². The van der Waals surface area contributed by atoms with Gasteiger partial charge in [-0.15, -0.1) is 0 Å². The van der Waals surface area contributed by atoms with Gasteiger partial charge in [-0.05, 0) is 36.4 Å². The van der Waals surface area contributed by atoms with Crippen LogP contribution >= 0.6 is 11.6 Å². The topological polar surface area (TPSA) is 103 Å². The van der Waals surface area contributed by atoms with Gasteiger partial charge in [0.2, 0.25) is 0 Å². The Balaban J connectivity index is 2.03. The molecule has 120 valence electrons. The molecular weight excluding hydrogens is 322 g/mol. The molecule has 2 rings (SSSR count). The number of rotatable bonds is 6. The summed E-state index contributed by atoms with van der Waals surface area (Å²) in [6, 6.07) is 9.91. The first-order valence-corrected chi connectivity index (χ1v) is 7.05. The Morgan fingerprint density at radius 2 is 1.83 bits per heavy atom. The van der Waals surface area contributed by atoms with E-state index in [0.29, 0.717) is 10.8 Å². The van der Waals surface area contributed by atoms with E-state index in [4.69, 9.17) is 16.3 Å². The largest absolute Gasteiger partial charge is 0.530 e. The van der Waals surface area contributed by atoms with E-state index in [9.17, 15) is 14.7 Å². The molecule has 2 N–H and O–H groups in total. The minimum absolute atomic E-state index is 0.0360. The third-order valence-corrected chi connectivity index (χ3v) is 2.96. The van der Waals surface area contributed by atoms with Crippen LogP contribution in [0.4, 0.5) is 4.79 Å². The molecular formula is C15H13ClN3O4-. The summed E-state index contributed by atoms with van der Waals surface area (Å²) in [5.74, 6) is 0.310. The Hall–Kier alpha value is -2.80. The number of nitrogens with one attached hydrogen (secondary N) is 2. The number of halogens is 1. The molecule has 1 aromatic carbocycles. The number of carboxylic acid groups (broad SMARTS) is 1. The van der Waals surface area contributed by atoms with Gasteiger partial charge >= 0.3 is 0 Å². The van der Waals surface area contributed by atoms with Gasteiger partial charge in [-0.2, -0.15) is 0 Å². The summed E-state index contributed by atoms with van der Waals surface area (Å²) in [6.07, 6.45) is 0.0621. The lowest BCUT2D eigenvalue weighted by Crippen LogP contribution is -2.41. The Labute approximate surface area is 137 Å². The maximum absolute atomic E-state index is 12.1. The second-order valence-corrected chi connectivity index (χ2v) is 4.81. The van der Waals surface area contributed by atoms with Crippen LogP contribution in [-0.4, -0.2) is 30.1 Å². The zero-order chi connectivity index (χ0) is 16.7. The highest BCUT2D eigenvalue weighted by atomic mass is 35.5. The van der Waals surface area contributed by atoms with Crippen LogP contribution in [0.5, 0.6) is 11.5 Å². The highest BCUT2D eigenvalue weighted by Gasteiger charge is 2.14. The van der Waals surface area contributed by atoms with E-state index in [1.54, 1.807) is 36.4 Å². The molecule has 0 aliphatic carbocycles. The molecule has 0 spiro atoms. The number of hydrogen-bond acceptors (Lipinski definition) is 5. The quantitative estimate of drug-likeness (QED) is 0.772. The molecule has 0 saturated carbocycles. The summed E-state index contributed by atoms with van der Waals surface area (Å²) in [5, 5.41) is 15.4. The molecule has 0 unspecified atom stereocenters. The monoisotopic (exact) mass is 334 g/mol. The lowest BCUT2D eigenvalue weighted by atomic mass is 10.3. The van der Waals surface area contributed by atoms with E-state index in [1.165, 1.54) is 6.20 Å². The lowest BCUT2D eigenvalue weighted by molar-refractivity contribution is -0.250. The van der Waals surface area contributed by atoms with Crippen molar-refractivity contribution >= 4 is 23.6 Å². The van der Waals surface area contributed by atoms with Crippen LogP contribution in [0.15, 0.2) is 42.6 Å². The van der Waals surface area contributed by atoms with Gasteiger partial charge in [-0.3, -0.25) is 4.79 Å². The minimum Gasteiger partial charge on any atom is -0.530 e. The van der Waals surface area contributed by atoms with Gasteiger partial charge in [0.25, 0.3) is 5.91 Å². The molecule has 2 aromatic rings. The number of nitrogens with zero attached hydrogens (tertiary/aromatic N) is 1. The van der Waals surface area contributed by atoms with Crippen molar-refractivity contribution in [2.45, 2.75) is 0 Å². The van der Waals surface area contributed by atoms with Crippen LogP contribution < -0.4 is 20.5 Å². The summed E-state index contributed by atoms with van der Waals surface area (Å²) in [4.78, 5) is 26.3. The van der Waals surface area contributed by atoms with Gasteiger partial charge in [0.15, 0.2) is 11.4 Å². The number of pyridine rings is 1. The molecule has 7 nitrogen and oxygen atoms in total. The lowest BCUT2D eigenvalue weighted by Gasteiger charge is -2.11. The zero-order valence-corrected chi connectivity index (χ0v) is 12.7. The van der Waals surface area contributed by atoms with Crippen LogP contribution in [0.3, 0.4) is 0 Å². The zero-order valence-electron chi connectivity index (χ0n) is 11.9. The molecule has 0 fully saturated rings. The molecule has 1 heterocycles. The third-order valence-electron chi connectivity index (χ3n) is 2.71. The smallest absolute Gasteiger partial charge is 0.273 e. The Morgan fingerprint density at radius 1 is 1.13 bits per heavy atom. The fraction of sp³-hybridized carbons (Fsp3) is 0.133. The van der Waals surface area contributed by atoms with Crippen molar-refractivity contribution in [2.24, 2.45) is 0 Å². The maximum Gasteiger partial charge on any atom is 0.273 e. The van der Waals surface area contributed by atoms with Crippen LogP contribution in [0.2, 0.25) is 5.02 Å². The van der Waals surface area contributed by atoms with E-state index in [2.05, 4.69) is 10.3 Å². The van der Waals surface area contributed by atoms with Crippen LogP contribution in [0, 0.1) is 0 Å². The number of hydrogen-bond donors (Lipinski definition) is 2. The molecule has 0 bridgehead atoms. The summed E-state index contributed by atoms with van der Waals surface area (Å²) < 4.78 is 5.63. The van der Waals surface area contributed by atoms with Crippen molar-refractivity contribution in [3.63, 3.8) is 0 Å². The van der Waals surface area contributed by atoms with Gasteiger partial charge in [-0.1, -0.05) is 11.6 Å². The molecule has 0 aliphatic rings. The number of carbonyl (C=O) groups excluding carboxylic acids is 2. The number of benzene rings is 1. The van der Waals surface area contributed by atoms with Gasteiger partial charge < -0.3 is 25.3 Å². The Bertz CT molecular complexity index is 691. The van der Waals surface area contributed by atoms with Crippen molar-refractivity contribution in [1.29, 1.82) is 0 Å². The van der Waals surface area contributed by atoms with Crippen LogP contribution in [0.1, 0.15) is 10.5 Å². The van der Waals surface area contributed by atoms with Gasteiger partial charge in [0.1, 0.15) is 11.8 Å². The predicted molar refractivity (Wildman–Crippen MR) is 81.5 cm³/mol. The minimum atomic E-state index is -1.40. The van der Waals surface area contributed by atoms with Crippen molar-refractivity contribution in [3.05, 3.63) is 53.3 Å². The molecule has 8 heteroatoms. The molecule has 1 aromatic heterocycles. The first-order valence-electron chi connectivity index (χ1n) is 6.68. The molecule has 0 saturated heterocycles. The molecule has 0 atom stereocenters. The van der Waals surface area contributed by atoms with Gasteiger partial charge in [-0.25, -0.2) is 4.98 Å². The summed E-state index contributed by atoms with van der Waals surface area (Å²) >= 11 is 5.81. The molecule has 0 aliphatic heterocycles. The first kappa shape index (κ1) is 16.6. The first-order chi connectivity index (χ1) is 11.1. The third kappa shape index (κ3) is 5.15. The molecule has 0 radical (unpaired) electrons. The number of amides is 2. The molecule has 2 amide bonds. The van der Waals surface area contributed by atoms with E-state index in [1.807, 2.05) is 5.32 Å². The standard InChI is InChI=1S/C15H14ClN3O4/c16-10-3-5-11(6-4-10)23-12-2-1-7-17-13(12)14(20)18-8-9-19-15(21)22/h1-7,19H,8-9H2,(H,18,20)(H,21,22)/p-1. The maximum atomic E-state index is 12.1. The van der Waals surface area contributed by atoms with E-state index in [-0.39, 0.29) is 24.5 Å². The number of carbonyl (C=O) groups is 2. The van der Waals surface area contributed by atoms with Crippen LogP contribution in [0.25, 0.3) is 0 Å². The highest BCUT2D eigenvalue weighted by molar-refractivity contribution is 6.30. The Kier molecular flexibility index (Phi) is 5.76. The average Bonchev–Trinajstić information content (AvgIpc) is 2.54. The fourth-order valence-electron chi connectivity index (χ4n) is 1.70. The van der Waals surface area contributed by atoms with Crippen molar-refractivity contribution in [1.82, 2.24) is 15.6 Å². The SMILES string of the molecule is O=C([O-])NCCNC(=O)c1ncccc1Oc1ccc(Cl)cc1.